The number of nitrogens with one attached hydrogen (secondary N) is 2. The number of benzene rings is 3. The molecule has 0 atom stereocenters. The average Bonchev–Trinajstić information content (AvgIpc) is 2.75. The molecule has 6 nitrogen and oxygen atoms in total. The number of nitrogens with zero attached hydrogens (tertiary/aromatic N) is 2. The fraction of sp³-hybridized carbons (Fsp3) is 0.0909. The van der Waals surface area contributed by atoms with Crippen LogP contribution in [0.4, 0.5) is 11.4 Å². The number of hydrogen-bond donors (Lipinski definition) is 4. The van der Waals surface area contributed by atoms with Gasteiger partial charge in [0.05, 0.1) is 0 Å². The molecule has 0 spiro atoms. The van der Waals surface area contributed by atoms with Crippen LogP contribution in [0.25, 0.3) is 22.3 Å². The highest BCUT2D eigenvalue weighted by molar-refractivity contribution is 5.93. The molecule has 0 heterocycles. The van der Waals surface area contributed by atoms with Crippen LogP contribution in [0, 0.1) is 0 Å². The highest BCUT2D eigenvalue weighted by Gasteiger charge is 2.02. The topological polar surface area (TPSA) is 101 Å². The number of hydrogen-bond acceptors (Lipinski definition) is 2. The maximum atomic E-state index is 5.69. The zero-order chi connectivity index (χ0) is 19.9. The molecule has 30 heavy (non-hydrogen) atoms. The minimum Gasteiger partial charge on any atom is -0.370 e. The summed E-state index contributed by atoms with van der Waals surface area (Å²) >= 11 is 0. The standard InChI is InChI=1S/C22H24N6.2ClH/c1-25-21(23)27-19-11-7-17(8-12-19)15-3-5-16(6-4-15)18-9-13-20(14-10-18)28-22(24)26-2;;/h3-14H,1-2H3,(H3,23,25,27)(H3,24,26,28);2*1H. The van der Waals surface area contributed by atoms with Crippen LogP contribution in [0.1, 0.15) is 0 Å². The number of nitrogens with two attached hydrogens (primary N) is 2. The average molecular weight is 445 g/mol. The Kier molecular flexibility index (Phi) is 9.68. The molecule has 0 amide bonds. The maximum absolute atomic E-state index is 5.69. The van der Waals surface area contributed by atoms with Crippen molar-refractivity contribution >= 4 is 48.1 Å². The van der Waals surface area contributed by atoms with Crippen molar-refractivity contribution in [3.8, 4) is 22.3 Å². The lowest BCUT2D eigenvalue weighted by atomic mass is 10.00. The molecule has 3 rings (SSSR count). The smallest absolute Gasteiger partial charge is 0.192 e. The monoisotopic (exact) mass is 444 g/mol. The lowest BCUT2D eigenvalue weighted by Gasteiger charge is -2.09. The molecule has 8 heteroatoms. The molecule has 0 aliphatic heterocycles. The summed E-state index contributed by atoms with van der Waals surface area (Å²) in [6.07, 6.45) is 0. The molecule has 3 aromatic rings. The van der Waals surface area contributed by atoms with Crippen molar-refractivity contribution in [1.82, 2.24) is 0 Å². The molecular formula is C22H26Cl2N6. The van der Waals surface area contributed by atoms with Crippen molar-refractivity contribution in [3.05, 3.63) is 72.8 Å². The minimum atomic E-state index is 0. The first-order chi connectivity index (χ1) is 13.6. The molecule has 0 aromatic heterocycles. The van der Waals surface area contributed by atoms with E-state index in [9.17, 15) is 0 Å². The minimum absolute atomic E-state index is 0. The van der Waals surface area contributed by atoms with Gasteiger partial charge in [-0.15, -0.1) is 24.8 Å². The van der Waals surface area contributed by atoms with Crippen LogP contribution in [-0.4, -0.2) is 26.0 Å². The van der Waals surface area contributed by atoms with E-state index in [1.807, 2.05) is 24.3 Å². The van der Waals surface area contributed by atoms with Crippen LogP contribution >= 0.6 is 24.8 Å². The molecule has 0 unspecified atom stereocenters. The van der Waals surface area contributed by atoms with E-state index in [2.05, 4.69) is 69.1 Å². The number of anilines is 2. The Hall–Kier alpha value is -3.22. The van der Waals surface area contributed by atoms with Crippen molar-refractivity contribution < 1.29 is 0 Å². The molecule has 0 saturated heterocycles. The van der Waals surface area contributed by atoms with Crippen molar-refractivity contribution in [2.75, 3.05) is 24.7 Å². The van der Waals surface area contributed by atoms with Gasteiger partial charge in [0.25, 0.3) is 0 Å². The van der Waals surface area contributed by atoms with Gasteiger partial charge in [-0.2, -0.15) is 0 Å². The molecule has 158 valence electrons. The summed E-state index contributed by atoms with van der Waals surface area (Å²) in [7, 11) is 3.30. The predicted molar refractivity (Wildman–Crippen MR) is 134 cm³/mol. The number of guanidine groups is 2. The van der Waals surface area contributed by atoms with Crippen LogP contribution in [0.2, 0.25) is 0 Å². The summed E-state index contributed by atoms with van der Waals surface area (Å²) in [5.74, 6) is 0.783. The first-order valence-corrected chi connectivity index (χ1v) is 8.88. The lowest BCUT2D eigenvalue weighted by Crippen LogP contribution is -2.21. The summed E-state index contributed by atoms with van der Waals surface area (Å²) in [4.78, 5) is 7.79. The van der Waals surface area contributed by atoms with E-state index in [0.29, 0.717) is 11.9 Å². The Labute approximate surface area is 189 Å². The van der Waals surface area contributed by atoms with Gasteiger partial charge in [-0.3, -0.25) is 9.98 Å². The number of halogens is 2. The lowest BCUT2D eigenvalue weighted by molar-refractivity contribution is 1.38. The van der Waals surface area contributed by atoms with Gasteiger partial charge in [-0.25, -0.2) is 0 Å². The van der Waals surface area contributed by atoms with Crippen molar-refractivity contribution in [2.24, 2.45) is 21.5 Å². The van der Waals surface area contributed by atoms with Crippen LogP contribution in [0.3, 0.4) is 0 Å². The van der Waals surface area contributed by atoms with E-state index < -0.39 is 0 Å². The largest absolute Gasteiger partial charge is 0.370 e. The summed E-state index contributed by atoms with van der Waals surface area (Å²) in [6.45, 7) is 0. The van der Waals surface area contributed by atoms with E-state index in [0.717, 1.165) is 33.6 Å². The van der Waals surface area contributed by atoms with Crippen LogP contribution in [0.15, 0.2) is 82.8 Å². The van der Waals surface area contributed by atoms with Gasteiger partial charge in [-0.05, 0) is 46.5 Å². The summed E-state index contributed by atoms with van der Waals surface area (Å²) < 4.78 is 0. The third-order valence-corrected chi connectivity index (χ3v) is 4.35. The van der Waals surface area contributed by atoms with Gasteiger partial charge < -0.3 is 22.1 Å². The first-order valence-electron chi connectivity index (χ1n) is 8.88. The SMILES string of the molecule is CN=C(N)Nc1ccc(-c2ccc(-c3ccc(NC(N)=NC)cc3)cc2)cc1.Cl.Cl. The molecule has 0 saturated carbocycles. The third kappa shape index (κ3) is 6.40. The van der Waals surface area contributed by atoms with Crippen molar-refractivity contribution in [2.45, 2.75) is 0 Å². The Bertz CT molecular complexity index is 899. The Morgan fingerprint density at radius 3 is 1.00 bits per heavy atom. The molecule has 6 N–H and O–H groups in total. The van der Waals surface area contributed by atoms with E-state index >= 15 is 0 Å². The quantitative estimate of drug-likeness (QED) is 0.349. The fourth-order valence-corrected chi connectivity index (χ4v) is 2.75. The van der Waals surface area contributed by atoms with Crippen molar-refractivity contribution in [1.29, 1.82) is 0 Å². The van der Waals surface area contributed by atoms with Crippen molar-refractivity contribution in [3.63, 3.8) is 0 Å². The molecular weight excluding hydrogens is 419 g/mol. The second-order valence-electron chi connectivity index (χ2n) is 6.20. The van der Waals surface area contributed by atoms with E-state index in [1.165, 1.54) is 0 Å². The number of rotatable bonds is 4. The Morgan fingerprint density at radius 1 is 0.533 bits per heavy atom. The normalized spacial score (nSPS) is 11.1. The van der Waals surface area contributed by atoms with E-state index in [4.69, 9.17) is 11.5 Å². The van der Waals surface area contributed by atoms with Gasteiger partial charge in [0.1, 0.15) is 0 Å². The third-order valence-electron chi connectivity index (χ3n) is 4.35. The summed E-state index contributed by atoms with van der Waals surface area (Å²) in [6, 6.07) is 24.6. The fourth-order valence-electron chi connectivity index (χ4n) is 2.75. The Balaban J connectivity index is 0.00000225. The maximum Gasteiger partial charge on any atom is 0.192 e. The zero-order valence-electron chi connectivity index (χ0n) is 16.8. The molecule has 0 bridgehead atoms. The Morgan fingerprint density at radius 2 is 0.767 bits per heavy atom. The van der Waals surface area contributed by atoms with Crippen LogP contribution in [0.5, 0.6) is 0 Å². The highest BCUT2D eigenvalue weighted by atomic mass is 35.5. The van der Waals surface area contributed by atoms with Gasteiger partial charge in [-0.1, -0.05) is 48.5 Å². The van der Waals surface area contributed by atoms with Gasteiger partial charge in [0.2, 0.25) is 0 Å². The van der Waals surface area contributed by atoms with Gasteiger partial charge >= 0.3 is 0 Å². The second-order valence-corrected chi connectivity index (χ2v) is 6.20. The van der Waals surface area contributed by atoms with Gasteiger partial charge in [0, 0.05) is 25.5 Å². The zero-order valence-corrected chi connectivity index (χ0v) is 18.4. The second kappa shape index (κ2) is 11.7. The molecule has 3 aromatic carbocycles. The summed E-state index contributed by atoms with van der Waals surface area (Å²) in [5, 5.41) is 6.06. The van der Waals surface area contributed by atoms with E-state index in [-0.39, 0.29) is 24.8 Å². The predicted octanol–water partition coefficient (Wildman–Crippen LogP) is 4.58. The molecule has 0 aliphatic carbocycles. The van der Waals surface area contributed by atoms with E-state index in [1.54, 1.807) is 14.1 Å². The first kappa shape index (κ1) is 24.8. The van der Waals surface area contributed by atoms with Gasteiger partial charge in [0.15, 0.2) is 11.9 Å². The summed E-state index contributed by atoms with van der Waals surface area (Å²) in [5.41, 5.74) is 17.8. The van der Waals surface area contributed by atoms with Crippen LogP contribution < -0.4 is 22.1 Å². The molecule has 0 aliphatic rings. The molecule has 0 fully saturated rings. The van der Waals surface area contributed by atoms with Crippen LogP contribution in [-0.2, 0) is 0 Å². The molecule has 0 radical (unpaired) electrons. The number of aliphatic imine (C=N–C) groups is 2. The highest BCUT2D eigenvalue weighted by Crippen LogP contribution is 2.26.